The molecule has 2 aromatic rings. The monoisotopic (exact) mass is 338 g/mol. The Morgan fingerprint density at radius 1 is 1.32 bits per heavy atom. The van der Waals surface area contributed by atoms with Crippen LogP contribution in [0.15, 0.2) is 34.9 Å². The second-order valence-electron chi connectivity index (χ2n) is 4.26. The molecule has 0 aliphatic heterocycles. The highest BCUT2D eigenvalue weighted by atomic mass is 79.9. The number of hydrogen-bond acceptors (Lipinski definition) is 2. The lowest BCUT2D eigenvalue weighted by atomic mass is 10.1. The van der Waals surface area contributed by atoms with Gasteiger partial charge in [-0.3, -0.25) is 4.79 Å². The van der Waals surface area contributed by atoms with E-state index in [0.29, 0.717) is 10.0 Å². The molecule has 1 aromatic carbocycles. The summed E-state index contributed by atoms with van der Waals surface area (Å²) in [4.78, 5) is 16.1. The van der Waals surface area contributed by atoms with E-state index in [1.807, 2.05) is 32.0 Å². The maximum atomic E-state index is 12.2. The largest absolute Gasteiger partial charge is 0.322 e. The number of rotatable bonds is 2. The Balaban J connectivity index is 2.30. The van der Waals surface area contributed by atoms with Gasteiger partial charge >= 0.3 is 0 Å². The van der Waals surface area contributed by atoms with Crippen LogP contribution in [0.4, 0.5) is 5.69 Å². The molecule has 1 amide bonds. The third-order valence-electron chi connectivity index (χ3n) is 2.69. The smallest absolute Gasteiger partial charge is 0.258 e. The fourth-order valence-electron chi connectivity index (χ4n) is 1.64. The fourth-order valence-corrected chi connectivity index (χ4v) is 2.16. The van der Waals surface area contributed by atoms with E-state index >= 15 is 0 Å². The predicted molar refractivity (Wildman–Crippen MR) is 80.8 cm³/mol. The first-order chi connectivity index (χ1) is 8.97. The zero-order valence-corrected chi connectivity index (χ0v) is 12.8. The van der Waals surface area contributed by atoms with Crippen molar-refractivity contribution in [3.8, 4) is 0 Å². The average molecular weight is 340 g/mol. The van der Waals surface area contributed by atoms with Crippen LogP contribution in [-0.4, -0.2) is 10.9 Å². The van der Waals surface area contributed by atoms with Gasteiger partial charge in [-0.05, 0) is 53.0 Å². The van der Waals surface area contributed by atoms with Crippen molar-refractivity contribution >= 4 is 39.1 Å². The van der Waals surface area contributed by atoms with Crippen LogP contribution < -0.4 is 5.32 Å². The fraction of sp³-hybridized carbons (Fsp3) is 0.143. The van der Waals surface area contributed by atoms with Gasteiger partial charge < -0.3 is 5.32 Å². The molecule has 0 saturated heterocycles. The molecule has 0 spiro atoms. The van der Waals surface area contributed by atoms with Crippen LogP contribution in [0.25, 0.3) is 0 Å². The number of amides is 1. The van der Waals surface area contributed by atoms with Crippen molar-refractivity contribution in [2.75, 3.05) is 5.32 Å². The summed E-state index contributed by atoms with van der Waals surface area (Å²) in [6, 6.07) is 7.53. The van der Waals surface area contributed by atoms with Crippen molar-refractivity contribution in [1.29, 1.82) is 0 Å². The van der Waals surface area contributed by atoms with Crippen molar-refractivity contribution in [3.63, 3.8) is 0 Å². The van der Waals surface area contributed by atoms with Crippen LogP contribution in [0.3, 0.4) is 0 Å². The Kier molecular flexibility index (Phi) is 4.22. The molecule has 1 aromatic heterocycles. The molecule has 98 valence electrons. The summed E-state index contributed by atoms with van der Waals surface area (Å²) < 4.78 is 0.711. The van der Waals surface area contributed by atoms with Crippen molar-refractivity contribution in [3.05, 3.63) is 56.8 Å². The van der Waals surface area contributed by atoms with Gasteiger partial charge in [-0.2, -0.15) is 0 Å². The van der Waals surface area contributed by atoms with Crippen LogP contribution in [0.5, 0.6) is 0 Å². The Hall–Kier alpha value is -1.39. The number of aromatic nitrogens is 1. The topological polar surface area (TPSA) is 42.0 Å². The van der Waals surface area contributed by atoms with Gasteiger partial charge in [0.1, 0.15) is 5.15 Å². The quantitative estimate of drug-likeness (QED) is 0.826. The zero-order valence-electron chi connectivity index (χ0n) is 10.5. The van der Waals surface area contributed by atoms with Gasteiger partial charge in [0.25, 0.3) is 5.91 Å². The minimum absolute atomic E-state index is 0.186. The second-order valence-corrected chi connectivity index (χ2v) is 5.54. The van der Waals surface area contributed by atoms with Crippen molar-refractivity contribution in [1.82, 2.24) is 4.98 Å². The first kappa shape index (κ1) is 14.0. The van der Waals surface area contributed by atoms with Gasteiger partial charge in [-0.15, -0.1) is 0 Å². The summed E-state index contributed by atoms with van der Waals surface area (Å²) in [6.45, 7) is 3.92. The standard InChI is InChI=1S/C14H12BrClN2O/c1-8-3-4-9(2)12(5-8)18-14(19)11-6-10(15)7-17-13(11)16/h3-7H,1-2H3,(H,18,19). The molecule has 0 bridgehead atoms. The summed E-state index contributed by atoms with van der Waals surface area (Å²) in [5.74, 6) is -0.271. The maximum Gasteiger partial charge on any atom is 0.258 e. The van der Waals surface area contributed by atoms with Crippen LogP contribution in [0.2, 0.25) is 5.15 Å². The first-order valence-corrected chi connectivity index (χ1v) is 6.84. The van der Waals surface area contributed by atoms with Gasteiger partial charge in [-0.25, -0.2) is 4.98 Å². The van der Waals surface area contributed by atoms with Crippen molar-refractivity contribution < 1.29 is 4.79 Å². The highest BCUT2D eigenvalue weighted by Gasteiger charge is 2.13. The molecule has 0 aliphatic rings. The number of pyridine rings is 1. The number of carbonyl (C=O) groups is 1. The lowest BCUT2D eigenvalue weighted by Crippen LogP contribution is -2.14. The highest BCUT2D eigenvalue weighted by Crippen LogP contribution is 2.21. The summed E-state index contributed by atoms with van der Waals surface area (Å²) >= 11 is 9.21. The number of anilines is 1. The van der Waals surface area contributed by atoms with Crippen LogP contribution in [0, 0.1) is 13.8 Å². The zero-order chi connectivity index (χ0) is 14.0. The van der Waals surface area contributed by atoms with E-state index in [4.69, 9.17) is 11.6 Å². The number of nitrogens with one attached hydrogen (secondary N) is 1. The molecule has 1 N–H and O–H groups in total. The van der Waals surface area contributed by atoms with E-state index in [2.05, 4.69) is 26.2 Å². The molecule has 0 fully saturated rings. The minimum Gasteiger partial charge on any atom is -0.322 e. The molecule has 0 aliphatic carbocycles. The molecule has 5 heteroatoms. The molecule has 0 saturated carbocycles. The van der Waals surface area contributed by atoms with E-state index < -0.39 is 0 Å². The van der Waals surface area contributed by atoms with Crippen molar-refractivity contribution in [2.24, 2.45) is 0 Å². The third-order valence-corrected chi connectivity index (χ3v) is 3.43. The lowest BCUT2D eigenvalue weighted by molar-refractivity contribution is 0.102. The van der Waals surface area contributed by atoms with E-state index in [0.717, 1.165) is 16.8 Å². The third kappa shape index (κ3) is 3.33. The van der Waals surface area contributed by atoms with E-state index in [9.17, 15) is 4.79 Å². The minimum atomic E-state index is -0.271. The number of benzene rings is 1. The van der Waals surface area contributed by atoms with Gasteiger partial charge in [0.05, 0.1) is 5.56 Å². The molecular weight excluding hydrogens is 328 g/mol. The number of nitrogens with zero attached hydrogens (tertiary/aromatic N) is 1. The van der Waals surface area contributed by atoms with Gasteiger partial charge in [0, 0.05) is 16.4 Å². The van der Waals surface area contributed by atoms with Gasteiger partial charge in [0.15, 0.2) is 0 Å². The van der Waals surface area contributed by atoms with E-state index in [1.165, 1.54) is 0 Å². The van der Waals surface area contributed by atoms with Gasteiger partial charge in [0.2, 0.25) is 0 Å². The Bertz CT molecular complexity index is 643. The molecule has 0 radical (unpaired) electrons. The second kappa shape index (κ2) is 5.72. The molecule has 1 heterocycles. The van der Waals surface area contributed by atoms with Crippen LogP contribution in [-0.2, 0) is 0 Å². The molecule has 0 atom stereocenters. The predicted octanol–water partition coefficient (Wildman–Crippen LogP) is 4.37. The molecule has 19 heavy (non-hydrogen) atoms. The number of halogens is 2. The molecule has 0 unspecified atom stereocenters. The average Bonchev–Trinajstić information content (AvgIpc) is 2.36. The number of carbonyl (C=O) groups excluding carboxylic acids is 1. The Morgan fingerprint density at radius 2 is 2.05 bits per heavy atom. The molecule has 3 nitrogen and oxygen atoms in total. The number of hydrogen-bond donors (Lipinski definition) is 1. The lowest BCUT2D eigenvalue weighted by Gasteiger charge is -2.10. The summed E-state index contributed by atoms with van der Waals surface area (Å²) in [6.07, 6.45) is 1.55. The normalized spacial score (nSPS) is 10.3. The van der Waals surface area contributed by atoms with Crippen molar-refractivity contribution in [2.45, 2.75) is 13.8 Å². The maximum absolute atomic E-state index is 12.2. The summed E-state index contributed by atoms with van der Waals surface area (Å²) in [5, 5.41) is 3.04. The van der Waals surface area contributed by atoms with E-state index in [1.54, 1.807) is 12.3 Å². The van der Waals surface area contributed by atoms with Gasteiger partial charge in [-0.1, -0.05) is 23.7 Å². The first-order valence-electron chi connectivity index (χ1n) is 5.67. The van der Waals surface area contributed by atoms with Crippen LogP contribution in [0.1, 0.15) is 21.5 Å². The Labute approximate surface area is 125 Å². The summed E-state index contributed by atoms with van der Waals surface area (Å²) in [7, 11) is 0. The van der Waals surface area contributed by atoms with E-state index in [-0.39, 0.29) is 11.1 Å². The molecule has 2 rings (SSSR count). The SMILES string of the molecule is Cc1ccc(C)c(NC(=O)c2cc(Br)cnc2Cl)c1. The summed E-state index contributed by atoms with van der Waals surface area (Å²) in [5.41, 5.74) is 3.20. The molecular formula is C14H12BrClN2O. The Morgan fingerprint density at radius 3 is 2.79 bits per heavy atom. The van der Waals surface area contributed by atoms with Crippen LogP contribution >= 0.6 is 27.5 Å². The highest BCUT2D eigenvalue weighted by molar-refractivity contribution is 9.10. The number of aryl methyl sites for hydroxylation is 2.